The summed E-state index contributed by atoms with van der Waals surface area (Å²) in [6.45, 7) is 0.476. The van der Waals surface area contributed by atoms with Crippen molar-refractivity contribution < 1.29 is 4.79 Å². The van der Waals surface area contributed by atoms with E-state index in [0.717, 1.165) is 21.7 Å². The summed E-state index contributed by atoms with van der Waals surface area (Å²) in [5.41, 5.74) is 1.80. The number of fused-ring (bicyclic) bond motifs is 1. The molecule has 0 saturated carbocycles. The van der Waals surface area contributed by atoms with Crippen LogP contribution in [0.1, 0.15) is 15.5 Å². The van der Waals surface area contributed by atoms with Crippen molar-refractivity contribution in [1.29, 1.82) is 0 Å². The average molecular weight is 370 g/mol. The molecule has 0 aliphatic heterocycles. The Morgan fingerprint density at radius 3 is 2.88 bits per heavy atom. The predicted octanol–water partition coefficient (Wildman–Crippen LogP) is 2.64. The number of Topliss-reactive ketones (excluding diaryl/α,β-unsaturated/α-hetero) is 1. The minimum absolute atomic E-state index is 0.104. The van der Waals surface area contributed by atoms with E-state index in [1.54, 1.807) is 4.68 Å². The van der Waals surface area contributed by atoms with E-state index in [9.17, 15) is 4.79 Å². The molecule has 7 nitrogen and oxygen atoms in total. The number of carbonyl (C=O) groups excluding carboxylic acids is 1. The fraction of sp³-hybridized carbons (Fsp3) is 0.188. The molecule has 1 aromatic carbocycles. The van der Waals surface area contributed by atoms with E-state index < -0.39 is 0 Å². The maximum atomic E-state index is 12.1. The third kappa shape index (κ3) is 3.20. The molecule has 25 heavy (non-hydrogen) atoms. The number of rotatable bonds is 6. The fourth-order valence-electron chi connectivity index (χ4n) is 2.41. The van der Waals surface area contributed by atoms with Gasteiger partial charge in [-0.1, -0.05) is 35.2 Å². The molecule has 0 saturated heterocycles. The Hall–Kier alpha value is -2.52. The topological polar surface area (TPSA) is 78.5 Å². The second-order valence-electron chi connectivity index (χ2n) is 5.38. The van der Waals surface area contributed by atoms with Crippen LogP contribution in [0.5, 0.6) is 0 Å². The molecular weight excluding hydrogens is 356 g/mol. The van der Waals surface area contributed by atoms with E-state index in [0.29, 0.717) is 17.5 Å². The van der Waals surface area contributed by atoms with Crippen LogP contribution in [0.15, 0.2) is 46.9 Å². The van der Waals surface area contributed by atoms with Crippen LogP contribution in [0.3, 0.4) is 0 Å². The number of nitrogens with zero attached hydrogens (tertiary/aromatic N) is 6. The van der Waals surface area contributed by atoms with E-state index >= 15 is 0 Å². The summed E-state index contributed by atoms with van der Waals surface area (Å²) in [6, 6.07) is 11.5. The largest absolute Gasteiger partial charge is 0.308 e. The molecule has 0 amide bonds. The zero-order valence-electron chi connectivity index (χ0n) is 13.4. The van der Waals surface area contributed by atoms with Gasteiger partial charge in [-0.25, -0.2) is 4.68 Å². The number of hydrogen-bond acceptors (Lipinski definition) is 7. The van der Waals surface area contributed by atoms with Crippen molar-refractivity contribution in [3.05, 3.63) is 52.5 Å². The highest BCUT2D eigenvalue weighted by atomic mass is 32.2. The molecule has 9 heteroatoms. The minimum Gasteiger partial charge on any atom is -0.308 e. The Labute approximate surface area is 151 Å². The molecule has 0 N–H and O–H groups in total. The van der Waals surface area contributed by atoms with E-state index in [1.807, 2.05) is 53.4 Å². The Bertz CT molecular complexity index is 1020. The first kappa shape index (κ1) is 16.0. The quantitative estimate of drug-likeness (QED) is 0.383. The first-order valence-electron chi connectivity index (χ1n) is 7.58. The molecule has 3 aromatic heterocycles. The number of thioether (sulfide) groups is 1. The number of ketones is 1. The van der Waals surface area contributed by atoms with Crippen LogP contribution in [0.2, 0.25) is 0 Å². The van der Waals surface area contributed by atoms with E-state index in [2.05, 4.69) is 20.5 Å². The van der Waals surface area contributed by atoms with E-state index in [4.69, 9.17) is 0 Å². The second kappa shape index (κ2) is 6.77. The van der Waals surface area contributed by atoms with Crippen LogP contribution in [-0.2, 0) is 13.6 Å². The lowest BCUT2D eigenvalue weighted by Gasteiger charge is -2.04. The zero-order chi connectivity index (χ0) is 17.2. The van der Waals surface area contributed by atoms with Gasteiger partial charge in [0.1, 0.15) is 12.1 Å². The number of hydrogen-bond donors (Lipinski definition) is 0. The molecule has 4 aromatic rings. The average Bonchev–Trinajstić information content (AvgIpc) is 3.36. The van der Waals surface area contributed by atoms with Crippen LogP contribution in [0.4, 0.5) is 0 Å². The van der Waals surface area contributed by atoms with Gasteiger partial charge in [0.2, 0.25) is 0 Å². The maximum absolute atomic E-state index is 12.1. The summed E-state index contributed by atoms with van der Waals surface area (Å²) in [4.78, 5) is 12.9. The SMILES string of the molecule is Cn1c(Cn2nnc3ccccc32)nnc1SCC(=O)c1cccs1. The highest BCUT2D eigenvalue weighted by Crippen LogP contribution is 2.20. The summed E-state index contributed by atoms with van der Waals surface area (Å²) in [5, 5.41) is 19.4. The van der Waals surface area contributed by atoms with Gasteiger partial charge < -0.3 is 4.57 Å². The van der Waals surface area contributed by atoms with Crippen LogP contribution in [-0.4, -0.2) is 41.3 Å². The molecular formula is C16H14N6OS2. The summed E-state index contributed by atoms with van der Waals surface area (Å²) in [5.74, 6) is 1.21. The van der Waals surface area contributed by atoms with Crippen LogP contribution < -0.4 is 0 Å². The second-order valence-corrected chi connectivity index (χ2v) is 7.27. The van der Waals surface area contributed by atoms with Crippen molar-refractivity contribution in [3.63, 3.8) is 0 Å². The smallest absolute Gasteiger partial charge is 0.191 e. The molecule has 126 valence electrons. The van der Waals surface area contributed by atoms with Gasteiger partial charge in [0.15, 0.2) is 16.8 Å². The number of aromatic nitrogens is 6. The lowest BCUT2D eigenvalue weighted by molar-refractivity contribution is 0.102. The van der Waals surface area contributed by atoms with Crippen molar-refractivity contribution in [2.24, 2.45) is 7.05 Å². The number of para-hydroxylation sites is 1. The van der Waals surface area contributed by atoms with Gasteiger partial charge in [0.05, 0.1) is 16.1 Å². The molecule has 0 fully saturated rings. The third-order valence-electron chi connectivity index (χ3n) is 3.76. The maximum Gasteiger partial charge on any atom is 0.191 e. The van der Waals surface area contributed by atoms with Crippen molar-refractivity contribution in [2.45, 2.75) is 11.7 Å². The summed E-state index contributed by atoms with van der Waals surface area (Å²) < 4.78 is 3.69. The normalized spacial score (nSPS) is 11.2. The van der Waals surface area contributed by atoms with Gasteiger partial charge in [-0.15, -0.1) is 26.6 Å². The lowest BCUT2D eigenvalue weighted by atomic mass is 10.3. The predicted molar refractivity (Wildman–Crippen MR) is 97.0 cm³/mol. The molecule has 0 atom stereocenters. The van der Waals surface area contributed by atoms with Crippen molar-refractivity contribution >= 4 is 39.9 Å². The van der Waals surface area contributed by atoms with Crippen molar-refractivity contribution in [1.82, 2.24) is 29.8 Å². The van der Waals surface area contributed by atoms with Crippen molar-refractivity contribution in [3.8, 4) is 0 Å². The van der Waals surface area contributed by atoms with Gasteiger partial charge in [0.25, 0.3) is 0 Å². The van der Waals surface area contributed by atoms with Gasteiger partial charge in [0, 0.05) is 7.05 Å². The number of thiophene rings is 1. The van der Waals surface area contributed by atoms with Crippen LogP contribution in [0.25, 0.3) is 11.0 Å². The third-order valence-corrected chi connectivity index (χ3v) is 5.70. The van der Waals surface area contributed by atoms with Crippen molar-refractivity contribution in [2.75, 3.05) is 5.75 Å². The minimum atomic E-state index is 0.104. The molecule has 0 aliphatic rings. The number of benzene rings is 1. The molecule has 0 unspecified atom stereocenters. The van der Waals surface area contributed by atoms with Gasteiger partial charge in [-0.2, -0.15) is 0 Å². The molecule has 4 rings (SSSR count). The summed E-state index contributed by atoms with van der Waals surface area (Å²) >= 11 is 2.85. The molecule has 0 bridgehead atoms. The number of carbonyl (C=O) groups is 1. The first-order chi connectivity index (χ1) is 12.2. The zero-order valence-corrected chi connectivity index (χ0v) is 15.0. The molecule has 0 aliphatic carbocycles. The van der Waals surface area contributed by atoms with Crippen LogP contribution >= 0.6 is 23.1 Å². The van der Waals surface area contributed by atoms with Crippen LogP contribution in [0, 0.1) is 0 Å². The Morgan fingerprint density at radius 2 is 2.04 bits per heavy atom. The molecule has 0 spiro atoms. The highest BCUT2D eigenvalue weighted by molar-refractivity contribution is 7.99. The summed E-state index contributed by atoms with van der Waals surface area (Å²) in [6.07, 6.45) is 0. The summed E-state index contributed by atoms with van der Waals surface area (Å²) in [7, 11) is 1.90. The van der Waals surface area contributed by atoms with Gasteiger partial charge >= 0.3 is 0 Å². The first-order valence-corrected chi connectivity index (χ1v) is 9.45. The van der Waals surface area contributed by atoms with Gasteiger partial charge in [-0.05, 0) is 23.6 Å². The molecule has 3 heterocycles. The monoisotopic (exact) mass is 370 g/mol. The Kier molecular flexibility index (Phi) is 4.33. The lowest BCUT2D eigenvalue weighted by Crippen LogP contribution is -2.08. The Morgan fingerprint density at radius 1 is 1.16 bits per heavy atom. The van der Waals surface area contributed by atoms with E-state index in [1.165, 1.54) is 23.1 Å². The van der Waals surface area contributed by atoms with E-state index in [-0.39, 0.29) is 5.78 Å². The highest BCUT2D eigenvalue weighted by Gasteiger charge is 2.14. The molecule has 0 radical (unpaired) electrons. The fourth-order valence-corrected chi connectivity index (χ4v) is 3.98. The standard InChI is InChI=1S/C16H14N6OS2/c1-21-15(9-22-12-6-3-2-5-11(12)17-20-22)18-19-16(21)25-10-13(23)14-7-4-8-24-14/h2-8H,9-10H2,1H3. The Balaban J connectivity index is 1.48. The van der Waals surface area contributed by atoms with Gasteiger partial charge in [-0.3, -0.25) is 4.79 Å².